The Bertz CT molecular complexity index is 249. The molecule has 0 aromatic rings. The van der Waals surface area contributed by atoms with Crippen LogP contribution in [-0.2, 0) is 18.9 Å². The van der Waals surface area contributed by atoms with E-state index in [0.29, 0.717) is 13.2 Å². The van der Waals surface area contributed by atoms with Crippen molar-refractivity contribution < 1.29 is 18.9 Å². The van der Waals surface area contributed by atoms with Crippen LogP contribution in [0.3, 0.4) is 0 Å². The lowest BCUT2D eigenvalue weighted by Gasteiger charge is -2.42. The fourth-order valence-corrected chi connectivity index (χ4v) is 1.77. The SMILES string of the molecule is CCO[C@@H]1C=C[C@@H]2OC(C)(C)OC[C@H]2O1. The minimum atomic E-state index is -0.521. The molecule has 1 saturated heterocycles. The standard InChI is InChI=1S/C11H18O4/c1-4-12-10-6-5-8-9(14-10)7-13-11(2,3)15-8/h5-6,8-10H,4,7H2,1-3H3/t8-,9+,10-/m0/s1. The van der Waals surface area contributed by atoms with E-state index in [0.717, 1.165) is 0 Å². The van der Waals surface area contributed by atoms with E-state index in [1.165, 1.54) is 0 Å². The van der Waals surface area contributed by atoms with Gasteiger partial charge in [-0.1, -0.05) is 6.08 Å². The molecular weight excluding hydrogens is 196 g/mol. The molecule has 0 aliphatic carbocycles. The summed E-state index contributed by atoms with van der Waals surface area (Å²) in [6, 6.07) is 0. The third-order valence-electron chi connectivity index (χ3n) is 2.48. The summed E-state index contributed by atoms with van der Waals surface area (Å²) in [5.74, 6) is -0.521. The van der Waals surface area contributed by atoms with Crippen LogP contribution in [0.2, 0.25) is 0 Å². The van der Waals surface area contributed by atoms with E-state index in [1.807, 2.05) is 32.9 Å². The summed E-state index contributed by atoms with van der Waals surface area (Å²) in [7, 11) is 0. The van der Waals surface area contributed by atoms with Crippen LogP contribution in [-0.4, -0.2) is 37.5 Å². The Morgan fingerprint density at radius 3 is 2.93 bits per heavy atom. The van der Waals surface area contributed by atoms with Gasteiger partial charge in [-0.05, 0) is 26.8 Å². The van der Waals surface area contributed by atoms with Gasteiger partial charge in [0, 0.05) is 6.61 Å². The molecule has 2 aliphatic rings. The largest absolute Gasteiger partial charge is 0.349 e. The number of fused-ring (bicyclic) bond motifs is 1. The molecule has 0 saturated carbocycles. The Balaban J connectivity index is 1.99. The fraction of sp³-hybridized carbons (Fsp3) is 0.818. The van der Waals surface area contributed by atoms with Crippen molar-refractivity contribution in [3.05, 3.63) is 12.2 Å². The van der Waals surface area contributed by atoms with E-state index in [4.69, 9.17) is 18.9 Å². The second kappa shape index (κ2) is 4.22. The van der Waals surface area contributed by atoms with Crippen molar-refractivity contribution >= 4 is 0 Å². The lowest BCUT2D eigenvalue weighted by molar-refractivity contribution is -0.319. The summed E-state index contributed by atoms with van der Waals surface area (Å²) >= 11 is 0. The highest BCUT2D eigenvalue weighted by Gasteiger charge is 2.38. The van der Waals surface area contributed by atoms with E-state index in [9.17, 15) is 0 Å². The van der Waals surface area contributed by atoms with E-state index >= 15 is 0 Å². The van der Waals surface area contributed by atoms with Crippen LogP contribution in [0, 0.1) is 0 Å². The van der Waals surface area contributed by atoms with Gasteiger partial charge >= 0.3 is 0 Å². The third kappa shape index (κ3) is 2.58. The van der Waals surface area contributed by atoms with E-state index in [-0.39, 0.29) is 18.5 Å². The van der Waals surface area contributed by atoms with Gasteiger partial charge in [-0.2, -0.15) is 0 Å². The molecule has 0 N–H and O–H groups in total. The summed E-state index contributed by atoms with van der Waals surface area (Å²) in [5, 5.41) is 0. The van der Waals surface area contributed by atoms with Crippen molar-refractivity contribution in [1.29, 1.82) is 0 Å². The van der Waals surface area contributed by atoms with Crippen LogP contribution in [0.4, 0.5) is 0 Å². The Hall–Kier alpha value is -0.420. The maximum Gasteiger partial charge on any atom is 0.177 e. The van der Waals surface area contributed by atoms with Crippen molar-refractivity contribution in [2.75, 3.05) is 13.2 Å². The molecule has 0 radical (unpaired) electrons. The Morgan fingerprint density at radius 1 is 1.40 bits per heavy atom. The Morgan fingerprint density at radius 2 is 2.20 bits per heavy atom. The van der Waals surface area contributed by atoms with Crippen LogP contribution in [0.25, 0.3) is 0 Å². The van der Waals surface area contributed by atoms with E-state index < -0.39 is 5.79 Å². The summed E-state index contributed by atoms with van der Waals surface area (Å²) in [5.41, 5.74) is 0. The number of rotatable bonds is 2. The first-order valence-electron chi connectivity index (χ1n) is 5.38. The molecule has 0 aromatic carbocycles. The number of ether oxygens (including phenoxy) is 4. The predicted octanol–water partition coefficient (Wildman–Crippen LogP) is 1.46. The molecule has 2 rings (SSSR count). The predicted molar refractivity (Wildman–Crippen MR) is 54.3 cm³/mol. The quantitative estimate of drug-likeness (QED) is 0.652. The molecule has 0 amide bonds. The maximum atomic E-state index is 5.71. The molecule has 86 valence electrons. The minimum Gasteiger partial charge on any atom is -0.349 e. The van der Waals surface area contributed by atoms with Crippen LogP contribution < -0.4 is 0 Å². The van der Waals surface area contributed by atoms with Gasteiger partial charge < -0.3 is 18.9 Å². The van der Waals surface area contributed by atoms with Gasteiger partial charge in [-0.3, -0.25) is 0 Å². The van der Waals surface area contributed by atoms with Crippen molar-refractivity contribution in [2.45, 2.75) is 45.1 Å². The second-order valence-corrected chi connectivity index (χ2v) is 4.18. The lowest BCUT2D eigenvalue weighted by atomic mass is 10.1. The molecular formula is C11H18O4. The first kappa shape index (κ1) is 11.1. The monoisotopic (exact) mass is 214 g/mol. The van der Waals surface area contributed by atoms with Gasteiger partial charge in [0.2, 0.25) is 0 Å². The molecule has 3 atom stereocenters. The normalized spacial score (nSPS) is 38.7. The molecule has 2 heterocycles. The molecule has 15 heavy (non-hydrogen) atoms. The first-order chi connectivity index (χ1) is 7.11. The molecule has 0 aromatic heterocycles. The molecule has 4 heteroatoms. The fourth-order valence-electron chi connectivity index (χ4n) is 1.77. The average molecular weight is 214 g/mol. The van der Waals surface area contributed by atoms with Gasteiger partial charge in [-0.15, -0.1) is 0 Å². The Kier molecular flexibility index (Phi) is 3.11. The highest BCUT2D eigenvalue weighted by molar-refractivity contribution is 5.02. The summed E-state index contributed by atoms with van der Waals surface area (Å²) in [6.07, 6.45) is 3.56. The molecule has 2 aliphatic heterocycles. The van der Waals surface area contributed by atoms with Crippen LogP contribution in [0.5, 0.6) is 0 Å². The molecule has 0 unspecified atom stereocenters. The highest BCUT2D eigenvalue weighted by Crippen LogP contribution is 2.28. The molecule has 0 bridgehead atoms. The number of hydrogen-bond acceptors (Lipinski definition) is 4. The highest BCUT2D eigenvalue weighted by atomic mass is 16.7. The summed E-state index contributed by atoms with van der Waals surface area (Å²) < 4.78 is 22.3. The van der Waals surface area contributed by atoms with Gasteiger partial charge in [0.05, 0.1) is 6.61 Å². The third-order valence-corrected chi connectivity index (χ3v) is 2.48. The zero-order valence-corrected chi connectivity index (χ0v) is 9.43. The smallest absolute Gasteiger partial charge is 0.177 e. The zero-order chi connectivity index (χ0) is 10.9. The van der Waals surface area contributed by atoms with E-state index in [1.54, 1.807) is 0 Å². The molecule has 1 fully saturated rings. The first-order valence-corrected chi connectivity index (χ1v) is 5.38. The topological polar surface area (TPSA) is 36.9 Å². The maximum absolute atomic E-state index is 5.71. The van der Waals surface area contributed by atoms with Crippen molar-refractivity contribution in [2.24, 2.45) is 0 Å². The lowest BCUT2D eigenvalue weighted by Crippen LogP contribution is -2.51. The van der Waals surface area contributed by atoms with Crippen molar-refractivity contribution in [1.82, 2.24) is 0 Å². The summed E-state index contributed by atoms with van der Waals surface area (Å²) in [6.45, 7) is 6.95. The van der Waals surface area contributed by atoms with Crippen LogP contribution in [0.1, 0.15) is 20.8 Å². The zero-order valence-electron chi connectivity index (χ0n) is 9.43. The molecule has 4 nitrogen and oxygen atoms in total. The Labute approximate surface area is 90.1 Å². The van der Waals surface area contributed by atoms with E-state index in [2.05, 4.69) is 0 Å². The number of hydrogen-bond donors (Lipinski definition) is 0. The second-order valence-electron chi connectivity index (χ2n) is 4.18. The van der Waals surface area contributed by atoms with Crippen LogP contribution in [0.15, 0.2) is 12.2 Å². The minimum absolute atomic E-state index is 0.0227. The van der Waals surface area contributed by atoms with Crippen molar-refractivity contribution in [3.63, 3.8) is 0 Å². The van der Waals surface area contributed by atoms with Gasteiger partial charge in [0.1, 0.15) is 12.2 Å². The molecule has 0 spiro atoms. The van der Waals surface area contributed by atoms with Gasteiger partial charge in [0.15, 0.2) is 12.1 Å². The van der Waals surface area contributed by atoms with Crippen molar-refractivity contribution in [3.8, 4) is 0 Å². The van der Waals surface area contributed by atoms with Gasteiger partial charge in [-0.25, -0.2) is 0 Å². The average Bonchev–Trinajstić information content (AvgIpc) is 2.18. The van der Waals surface area contributed by atoms with Crippen LogP contribution >= 0.6 is 0 Å². The van der Waals surface area contributed by atoms with Gasteiger partial charge in [0.25, 0.3) is 0 Å². The summed E-state index contributed by atoms with van der Waals surface area (Å²) in [4.78, 5) is 0.